The fourth-order valence-corrected chi connectivity index (χ4v) is 5.80. The van der Waals surface area contributed by atoms with Crippen LogP contribution in [0.15, 0.2) is 0 Å². The molecule has 0 aromatic carbocycles. The van der Waals surface area contributed by atoms with Crippen LogP contribution < -0.4 is 5.32 Å². The van der Waals surface area contributed by atoms with Crippen molar-refractivity contribution < 1.29 is 32.2 Å². The van der Waals surface area contributed by atoms with E-state index in [1.165, 1.54) is 0 Å². The van der Waals surface area contributed by atoms with E-state index in [1.54, 1.807) is 6.92 Å². The molecule has 1 fully saturated rings. The molecular weight excluding hydrogens is 370 g/mol. The van der Waals surface area contributed by atoms with Crippen molar-refractivity contribution >= 4 is 38.1 Å². The van der Waals surface area contributed by atoms with Crippen molar-refractivity contribution in [1.29, 1.82) is 0 Å². The molecule has 1 atom stereocenters. The smallest absolute Gasteiger partial charge is 0.341 e. The van der Waals surface area contributed by atoms with E-state index in [9.17, 15) is 18.0 Å². The van der Waals surface area contributed by atoms with Gasteiger partial charge in [-0.15, -0.1) is 11.3 Å². The zero-order valence-electron chi connectivity index (χ0n) is 13.7. The summed E-state index contributed by atoms with van der Waals surface area (Å²) in [5.41, 5.74) is 0.899. The molecule has 0 bridgehead atoms. The number of carbonyl (C=O) groups excluding carboxylic acids is 2. The van der Waals surface area contributed by atoms with E-state index in [0.29, 0.717) is 28.7 Å². The van der Waals surface area contributed by atoms with Crippen LogP contribution in [0, 0.1) is 0 Å². The zero-order chi connectivity index (χ0) is 18.0. The van der Waals surface area contributed by atoms with Crippen molar-refractivity contribution in [2.75, 3.05) is 37.5 Å². The first-order chi connectivity index (χ1) is 11.9. The highest BCUT2D eigenvalue weighted by atomic mass is 32.2. The molecule has 3 rings (SSSR count). The number of rotatable bonds is 4. The number of carbonyl (C=O) groups is 2. The Labute approximate surface area is 149 Å². The van der Waals surface area contributed by atoms with E-state index in [1.807, 2.05) is 0 Å². The fourth-order valence-electron chi connectivity index (χ4n) is 2.76. The average Bonchev–Trinajstić information content (AvgIpc) is 2.91. The largest absolute Gasteiger partial charge is 0.462 e. The maximum atomic E-state index is 12.4. The number of fused-ring (bicyclic) bond motifs is 1. The molecule has 1 amide bonds. The Morgan fingerprint density at radius 3 is 2.84 bits per heavy atom. The van der Waals surface area contributed by atoms with Crippen LogP contribution in [0.2, 0.25) is 0 Å². The molecule has 25 heavy (non-hydrogen) atoms. The molecule has 0 spiro atoms. The Hall–Kier alpha value is -1.49. The van der Waals surface area contributed by atoms with Gasteiger partial charge in [0, 0.05) is 4.88 Å². The van der Waals surface area contributed by atoms with Gasteiger partial charge >= 0.3 is 5.97 Å². The van der Waals surface area contributed by atoms with Crippen molar-refractivity contribution in [2.45, 2.75) is 25.2 Å². The predicted molar refractivity (Wildman–Crippen MR) is 90.7 cm³/mol. The highest BCUT2D eigenvalue weighted by molar-refractivity contribution is 7.90. The fraction of sp³-hybridized carbons (Fsp3) is 0.600. The summed E-state index contributed by atoms with van der Waals surface area (Å²) in [5.74, 6) is -1.13. The lowest BCUT2D eigenvalue weighted by Crippen LogP contribution is -2.39. The monoisotopic (exact) mass is 389 g/mol. The van der Waals surface area contributed by atoms with Gasteiger partial charge in [0.15, 0.2) is 15.9 Å². The summed E-state index contributed by atoms with van der Waals surface area (Å²) in [6, 6.07) is 0. The molecule has 1 N–H and O–H groups in total. The average molecular weight is 389 g/mol. The molecule has 8 nitrogen and oxygen atoms in total. The van der Waals surface area contributed by atoms with E-state index in [4.69, 9.17) is 14.2 Å². The third-order valence-electron chi connectivity index (χ3n) is 3.93. The molecule has 0 aliphatic carbocycles. The van der Waals surface area contributed by atoms with Crippen LogP contribution in [0.25, 0.3) is 0 Å². The molecule has 10 heteroatoms. The predicted octanol–water partition coefficient (Wildman–Crippen LogP) is 0.750. The molecule has 1 aromatic heterocycles. The third-order valence-corrected chi connectivity index (χ3v) is 6.81. The van der Waals surface area contributed by atoms with Gasteiger partial charge in [-0.05, 0) is 18.9 Å². The molecule has 3 heterocycles. The quantitative estimate of drug-likeness (QED) is 0.757. The van der Waals surface area contributed by atoms with E-state index in [-0.39, 0.29) is 36.7 Å². The molecule has 138 valence electrons. The molecule has 1 saturated heterocycles. The molecule has 2 aliphatic heterocycles. The second kappa shape index (κ2) is 7.40. The number of hydrogen-bond acceptors (Lipinski definition) is 8. The first-order valence-electron chi connectivity index (χ1n) is 7.93. The summed E-state index contributed by atoms with van der Waals surface area (Å²) in [5, 5.41) is 2.99. The Balaban J connectivity index is 1.90. The minimum Gasteiger partial charge on any atom is -0.462 e. The Bertz CT molecular complexity index is 778. The highest BCUT2D eigenvalue weighted by Gasteiger charge is 2.33. The van der Waals surface area contributed by atoms with Crippen molar-refractivity contribution in [2.24, 2.45) is 0 Å². The van der Waals surface area contributed by atoms with Crippen LogP contribution in [0.1, 0.15) is 27.7 Å². The van der Waals surface area contributed by atoms with Crippen molar-refractivity contribution in [1.82, 2.24) is 0 Å². The number of sulfone groups is 1. The van der Waals surface area contributed by atoms with Crippen LogP contribution in [-0.4, -0.2) is 58.6 Å². The van der Waals surface area contributed by atoms with E-state index >= 15 is 0 Å². The lowest BCUT2D eigenvalue weighted by atomic mass is 10.1. The number of thiophene rings is 1. The first-order valence-corrected chi connectivity index (χ1v) is 10.6. The molecule has 0 saturated carbocycles. The summed E-state index contributed by atoms with van der Waals surface area (Å²) >= 11 is 1.10. The number of esters is 1. The van der Waals surface area contributed by atoms with Gasteiger partial charge in [-0.25, -0.2) is 13.2 Å². The normalized spacial score (nSPS) is 22.0. The Morgan fingerprint density at radius 2 is 2.16 bits per heavy atom. The Morgan fingerprint density at radius 1 is 1.36 bits per heavy atom. The SMILES string of the molecule is CCOC(=O)c1c(NC(=O)C2COCCO2)sc2c1CCS(=O)(=O)C2. The van der Waals surface area contributed by atoms with Gasteiger partial charge in [-0.1, -0.05) is 0 Å². The lowest BCUT2D eigenvalue weighted by Gasteiger charge is -2.22. The minimum atomic E-state index is -3.19. The van der Waals surface area contributed by atoms with Gasteiger partial charge in [0.25, 0.3) is 5.91 Å². The zero-order valence-corrected chi connectivity index (χ0v) is 15.3. The van der Waals surface area contributed by atoms with Gasteiger partial charge in [-0.3, -0.25) is 4.79 Å². The van der Waals surface area contributed by atoms with Crippen LogP contribution >= 0.6 is 11.3 Å². The molecule has 1 aromatic rings. The van der Waals surface area contributed by atoms with Crippen molar-refractivity contribution in [3.05, 3.63) is 16.0 Å². The Kier molecular flexibility index (Phi) is 5.42. The van der Waals surface area contributed by atoms with E-state index < -0.39 is 27.8 Å². The number of ether oxygens (including phenoxy) is 3. The van der Waals surface area contributed by atoms with E-state index in [0.717, 1.165) is 11.3 Å². The van der Waals surface area contributed by atoms with Gasteiger partial charge in [0.1, 0.15) is 5.00 Å². The summed E-state index contributed by atoms with van der Waals surface area (Å²) in [6.07, 6.45) is -0.520. The summed E-state index contributed by atoms with van der Waals surface area (Å²) in [7, 11) is -3.19. The maximum absolute atomic E-state index is 12.4. The summed E-state index contributed by atoms with van der Waals surface area (Å²) < 4.78 is 39.4. The highest BCUT2D eigenvalue weighted by Crippen LogP contribution is 2.38. The second-order valence-corrected chi connectivity index (χ2v) is 8.98. The lowest BCUT2D eigenvalue weighted by molar-refractivity contribution is -0.142. The van der Waals surface area contributed by atoms with Crippen molar-refractivity contribution in [3.63, 3.8) is 0 Å². The number of nitrogens with one attached hydrogen (secondary N) is 1. The first kappa shape index (κ1) is 18.3. The number of anilines is 1. The van der Waals surface area contributed by atoms with Crippen LogP contribution in [0.3, 0.4) is 0 Å². The molecule has 2 aliphatic rings. The van der Waals surface area contributed by atoms with Gasteiger partial charge in [-0.2, -0.15) is 0 Å². The number of amides is 1. The summed E-state index contributed by atoms with van der Waals surface area (Å²) in [4.78, 5) is 25.3. The number of hydrogen-bond donors (Lipinski definition) is 1. The second-order valence-electron chi connectivity index (χ2n) is 5.69. The van der Waals surface area contributed by atoms with Crippen LogP contribution in [0.5, 0.6) is 0 Å². The standard InChI is InChI=1S/C15H19NO7S2/c1-2-22-15(18)12-9-3-6-25(19,20)8-11(9)24-14(12)16-13(17)10-7-21-4-5-23-10/h10H,2-8H2,1H3,(H,16,17). The minimum absolute atomic E-state index is 0.0178. The van der Waals surface area contributed by atoms with Crippen LogP contribution in [-0.2, 0) is 41.0 Å². The van der Waals surface area contributed by atoms with Crippen LogP contribution in [0.4, 0.5) is 5.00 Å². The van der Waals surface area contributed by atoms with Gasteiger partial charge in [0.05, 0.1) is 43.5 Å². The maximum Gasteiger partial charge on any atom is 0.341 e. The van der Waals surface area contributed by atoms with Gasteiger partial charge < -0.3 is 19.5 Å². The molecule has 0 radical (unpaired) electrons. The third kappa shape index (κ3) is 4.02. The van der Waals surface area contributed by atoms with E-state index in [2.05, 4.69) is 5.32 Å². The summed E-state index contributed by atoms with van der Waals surface area (Å²) in [6.45, 7) is 2.77. The topological polar surface area (TPSA) is 108 Å². The molecular formula is C15H19NO7S2. The van der Waals surface area contributed by atoms with Gasteiger partial charge in [0.2, 0.25) is 0 Å². The molecule has 1 unspecified atom stereocenters. The van der Waals surface area contributed by atoms with Crippen molar-refractivity contribution in [3.8, 4) is 0 Å².